The first-order chi connectivity index (χ1) is 28.8. The van der Waals surface area contributed by atoms with E-state index in [2.05, 4.69) is 182 Å². The van der Waals surface area contributed by atoms with E-state index in [0.29, 0.717) is 0 Å². The normalized spacial score (nSPS) is 12.1. The van der Waals surface area contributed by atoms with Crippen molar-refractivity contribution in [3.05, 3.63) is 194 Å². The summed E-state index contributed by atoms with van der Waals surface area (Å²) in [6.45, 7) is 0. The molecule has 11 aromatic carbocycles. The highest BCUT2D eigenvalue weighted by atomic mass is 16.3. The van der Waals surface area contributed by atoms with Gasteiger partial charge in [-0.3, -0.25) is 0 Å². The summed E-state index contributed by atoms with van der Waals surface area (Å²) in [6, 6.07) is 70.5. The van der Waals surface area contributed by atoms with Gasteiger partial charge in [-0.1, -0.05) is 158 Å². The molecule has 0 fully saturated rings. The molecular weight excluding hydrogens is 705 g/mol. The van der Waals surface area contributed by atoms with Gasteiger partial charge in [0.1, 0.15) is 22.3 Å². The van der Waals surface area contributed by atoms with Gasteiger partial charge in [0.2, 0.25) is 0 Å². The molecule has 13 aromatic rings. The number of rotatable bonds is 3. The Hall–Kier alpha value is -7.68. The molecule has 268 valence electrons. The van der Waals surface area contributed by atoms with Crippen molar-refractivity contribution in [1.29, 1.82) is 0 Å². The van der Waals surface area contributed by atoms with Gasteiger partial charge in [0.05, 0.1) is 0 Å². The van der Waals surface area contributed by atoms with Crippen molar-refractivity contribution >= 4 is 97.7 Å². The molecule has 0 spiro atoms. The summed E-state index contributed by atoms with van der Waals surface area (Å²) in [5.74, 6) is 0. The lowest BCUT2D eigenvalue weighted by molar-refractivity contribution is 0.667. The van der Waals surface area contributed by atoms with E-state index in [4.69, 9.17) is 8.83 Å². The van der Waals surface area contributed by atoms with Gasteiger partial charge in [-0.15, -0.1) is 0 Å². The molecule has 0 atom stereocenters. The van der Waals surface area contributed by atoms with Crippen molar-refractivity contribution < 1.29 is 8.83 Å². The van der Waals surface area contributed by atoms with E-state index in [1.807, 2.05) is 12.1 Å². The monoisotopic (exact) mass is 736 g/mol. The van der Waals surface area contributed by atoms with Gasteiger partial charge in [-0.2, -0.15) is 0 Å². The van der Waals surface area contributed by atoms with Crippen LogP contribution in [-0.4, -0.2) is 0 Å². The van der Waals surface area contributed by atoms with E-state index in [0.717, 1.165) is 60.2 Å². The third kappa shape index (κ3) is 4.43. The van der Waals surface area contributed by atoms with E-state index in [1.54, 1.807) is 0 Å². The molecule has 0 radical (unpaired) electrons. The van der Waals surface area contributed by atoms with Crippen LogP contribution in [0, 0.1) is 0 Å². The molecule has 0 aliphatic rings. The predicted molar refractivity (Wildman–Crippen MR) is 245 cm³/mol. The Bertz CT molecular complexity index is 3800. The summed E-state index contributed by atoms with van der Waals surface area (Å²) in [5.41, 5.74) is 10.9. The number of benzene rings is 11. The maximum atomic E-state index is 6.65. The Morgan fingerprint density at radius 2 is 0.793 bits per heavy atom. The fourth-order valence-corrected chi connectivity index (χ4v) is 9.87. The van der Waals surface area contributed by atoms with E-state index in [9.17, 15) is 0 Å². The van der Waals surface area contributed by atoms with Crippen LogP contribution in [0.2, 0.25) is 0 Å². The van der Waals surface area contributed by atoms with Crippen molar-refractivity contribution in [2.45, 2.75) is 0 Å². The maximum absolute atomic E-state index is 6.65. The molecule has 0 N–H and O–H groups in total. The number of para-hydroxylation sites is 1. The zero-order valence-electron chi connectivity index (χ0n) is 31.3. The Kier molecular flexibility index (Phi) is 6.47. The minimum absolute atomic E-state index is 0.873. The molecule has 0 amide bonds. The Balaban J connectivity index is 1.02. The van der Waals surface area contributed by atoms with Crippen LogP contribution in [0.3, 0.4) is 0 Å². The van der Waals surface area contributed by atoms with Crippen LogP contribution in [0.4, 0.5) is 0 Å². The summed E-state index contributed by atoms with van der Waals surface area (Å²) in [5, 5.41) is 16.6. The van der Waals surface area contributed by atoms with Crippen LogP contribution >= 0.6 is 0 Å². The fourth-order valence-electron chi connectivity index (χ4n) is 9.87. The maximum Gasteiger partial charge on any atom is 0.143 e. The second-order valence-electron chi connectivity index (χ2n) is 15.5. The molecule has 2 aromatic heterocycles. The molecule has 2 nitrogen and oxygen atoms in total. The van der Waals surface area contributed by atoms with Gasteiger partial charge < -0.3 is 8.83 Å². The fraction of sp³-hybridized carbons (Fsp3) is 0. The molecule has 13 rings (SSSR count). The lowest BCUT2D eigenvalue weighted by Crippen LogP contribution is -1.93. The van der Waals surface area contributed by atoms with Gasteiger partial charge in [-0.25, -0.2) is 0 Å². The Labute approximate surface area is 332 Å². The first-order valence-electron chi connectivity index (χ1n) is 19.9. The Morgan fingerprint density at radius 3 is 1.53 bits per heavy atom. The van der Waals surface area contributed by atoms with Gasteiger partial charge in [0, 0.05) is 26.9 Å². The molecule has 0 saturated carbocycles. The summed E-state index contributed by atoms with van der Waals surface area (Å²) < 4.78 is 12.9. The van der Waals surface area contributed by atoms with Crippen molar-refractivity contribution in [1.82, 2.24) is 0 Å². The Morgan fingerprint density at radius 1 is 0.241 bits per heavy atom. The number of furan rings is 2. The molecule has 0 aliphatic heterocycles. The van der Waals surface area contributed by atoms with E-state index in [-0.39, 0.29) is 0 Å². The molecule has 2 heterocycles. The third-order valence-corrected chi connectivity index (χ3v) is 12.4. The highest BCUT2D eigenvalue weighted by molar-refractivity contribution is 6.26. The van der Waals surface area contributed by atoms with Gasteiger partial charge >= 0.3 is 0 Å². The lowest BCUT2D eigenvalue weighted by Gasteiger charge is -2.20. The zero-order chi connectivity index (χ0) is 37.9. The van der Waals surface area contributed by atoms with Crippen molar-refractivity contribution in [3.63, 3.8) is 0 Å². The highest BCUT2D eigenvalue weighted by Gasteiger charge is 2.21. The molecule has 58 heavy (non-hydrogen) atoms. The van der Waals surface area contributed by atoms with E-state index in [1.165, 1.54) is 70.9 Å². The van der Waals surface area contributed by atoms with E-state index >= 15 is 0 Å². The van der Waals surface area contributed by atoms with Crippen molar-refractivity contribution in [2.24, 2.45) is 0 Å². The molecule has 0 aliphatic carbocycles. The van der Waals surface area contributed by atoms with Gasteiger partial charge in [0.25, 0.3) is 0 Å². The number of hydrogen-bond acceptors (Lipinski definition) is 2. The molecule has 0 bridgehead atoms. The van der Waals surface area contributed by atoms with Crippen LogP contribution < -0.4 is 0 Å². The average molecular weight is 737 g/mol. The molecule has 0 unspecified atom stereocenters. The van der Waals surface area contributed by atoms with Crippen LogP contribution in [0.5, 0.6) is 0 Å². The zero-order valence-corrected chi connectivity index (χ0v) is 31.3. The summed E-state index contributed by atoms with van der Waals surface area (Å²) in [4.78, 5) is 0. The van der Waals surface area contributed by atoms with Crippen LogP contribution in [-0.2, 0) is 0 Å². The highest BCUT2D eigenvalue weighted by Crippen LogP contribution is 2.48. The van der Waals surface area contributed by atoms with Crippen LogP contribution in [0.15, 0.2) is 203 Å². The molecule has 0 saturated heterocycles. The summed E-state index contributed by atoms with van der Waals surface area (Å²) in [7, 11) is 0. The summed E-state index contributed by atoms with van der Waals surface area (Å²) >= 11 is 0. The largest absolute Gasteiger partial charge is 0.456 e. The lowest BCUT2D eigenvalue weighted by atomic mass is 9.83. The minimum Gasteiger partial charge on any atom is -0.456 e. The van der Waals surface area contributed by atoms with Crippen LogP contribution in [0.25, 0.3) is 131 Å². The number of fused-ring (bicyclic) bond motifs is 12. The third-order valence-electron chi connectivity index (χ3n) is 12.4. The first kappa shape index (κ1) is 31.5. The quantitative estimate of drug-likeness (QED) is 0.169. The number of hydrogen-bond donors (Lipinski definition) is 0. The molecular formula is C56H32O2. The molecule has 2 heteroatoms. The second kappa shape index (κ2) is 11.9. The SMILES string of the molecule is c1ccc2c(-c3c4ccccc4c(-c4ccc(-c5ccc6oc7c8cc9oc%10ccccc%10c9cc8ccc7c6c5)c5ccccc45)c4ccccc34)cccc2c1. The predicted octanol–water partition coefficient (Wildman–Crippen LogP) is 16.3. The smallest absolute Gasteiger partial charge is 0.143 e. The average Bonchev–Trinajstić information content (AvgIpc) is 3.85. The van der Waals surface area contributed by atoms with Gasteiger partial charge in [0.15, 0.2) is 0 Å². The topological polar surface area (TPSA) is 26.3 Å². The van der Waals surface area contributed by atoms with Crippen LogP contribution in [0.1, 0.15) is 0 Å². The summed E-state index contributed by atoms with van der Waals surface area (Å²) in [6.07, 6.45) is 0. The van der Waals surface area contributed by atoms with Gasteiger partial charge in [-0.05, 0) is 118 Å². The van der Waals surface area contributed by atoms with E-state index < -0.39 is 0 Å². The van der Waals surface area contributed by atoms with Crippen molar-refractivity contribution in [3.8, 4) is 33.4 Å². The first-order valence-corrected chi connectivity index (χ1v) is 19.9. The standard InChI is InChI=1S/C56H32O2/c1-2-14-36-33(12-1)13-11-22-41(36)54-42-18-5-7-20-44(42)55(45-21-8-6-19-43(45)54)46-28-27-37(38-15-3-4-16-39(38)46)34-25-29-52-50(30-34)47-26-24-35-31-49-40-17-9-10-23-51(40)57-53(49)32-48(35)56(47)58-52/h1-32H. The van der Waals surface area contributed by atoms with Crippen molar-refractivity contribution in [2.75, 3.05) is 0 Å². The second-order valence-corrected chi connectivity index (χ2v) is 15.5. The minimum atomic E-state index is 0.873.